The zero-order valence-corrected chi connectivity index (χ0v) is 19.0. The van der Waals surface area contributed by atoms with Crippen molar-refractivity contribution in [1.82, 2.24) is 15.1 Å². The Morgan fingerprint density at radius 3 is 2.59 bits per heavy atom. The number of hydrogen-bond donors (Lipinski definition) is 4. The molecule has 0 bridgehead atoms. The number of amides is 1. The summed E-state index contributed by atoms with van der Waals surface area (Å²) in [5.74, 6) is -0.911. The monoisotopic (exact) mass is 449 g/mol. The minimum Gasteiger partial charge on any atom is -0.481 e. The zero-order chi connectivity index (χ0) is 22.9. The predicted octanol–water partition coefficient (Wildman–Crippen LogP) is 1.67. The molecular formula is C23H39N5O4. The maximum absolute atomic E-state index is 13.4. The van der Waals surface area contributed by atoms with Gasteiger partial charge in [-0.1, -0.05) is 12.2 Å². The van der Waals surface area contributed by atoms with Crippen molar-refractivity contribution in [2.45, 2.75) is 88.4 Å². The maximum atomic E-state index is 13.4. The van der Waals surface area contributed by atoms with E-state index in [2.05, 4.69) is 17.5 Å². The molecule has 32 heavy (non-hydrogen) atoms. The summed E-state index contributed by atoms with van der Waals surface area (Å²) in [5.41, 5.74) is 5.55. The molecule has 2 saturated heterocycles. The van der Waals surface area contributed by atoms with Crippen LogP contribution in [0.15, 0.2) is 12.2 Å². The van der Waals surface area contributed by atoms with E-state index in [1.54, 1.807) is 0 Å². The summed E-state index contributed by atoms with van der Waals surface area (Å²) < 4.78 is 6.10. The van der Waals surface area contributed by atoms with Gasteiger partial charge in [0.25, 0.3) is 0 Å². The lowest BCUT2D eigenvalue weighted by Crippen LogP contribution is -2.55. The molecule has 0 aromatic rings. The normalized spacial score (nSPS) is 25.5. The lowest BCUT2D eigenvalue weighted by atomic mass is 9.96. The molecule has 2 heterocycles. The second-order valence-corrected chi connectivity index (χ2v) is 9.21. The molecule has 180 valence electrons. The highest BCUT2D eigenvalue weighted by atomic mass is 16.5. The number of guanidine groups is 1. The number of rotatable bonds is 9. The fourth-order valence-corrected chi connectivity index (χ4v) is 5.05. The van der Waals surface area contributed by atoms with Crippen molar-refractivity contribution >= 4 is 17.8 Å². The molecule has 1 aliphatic carbocycles. The minimum absolute atomic E-state index is 0.0820. The van der Waals surface area contributed by atoms with Crippen molar-refractivity contribution in [2.24, 2.45) is 5.73 Å². The number of carboxylic acid groups (broad SMARTS) is 1. The number of carbonyl (C=O) groups is 2. The molecule has 0 aromatic carbocycles. The number of hydrogen-bond acceptors (Lipinski definition) is 5. The molecule has 2 fully saturated rings. The third-order valence-corrected chi connectivity index (χ3v) is 6.88. The second-order valence-electron chi connectivity index (χ2n) is 9.21. The molecule has 0 saturated carbocycles. The van der Waals surface area contributed by atoms with Crippen LogP contribution in [0.25, 0.3) is 0 Å². The Bertz CT molecular complexity index is 677. The van der Waals surface area contributed by atoms with Gasteiger partial charge in [0.1, 0.15) is 0 Å². The highest BCUT2D eigenvalue weighted by Crippen LogP contribution is 2.23. The first-order chi connectivity index (χ1) is 15.4. The number of aliphatic carboxylic acids is 1. The van der Waals surface area contributed by atoms with E-state index in [4.69, 9.17) is 15.9 Å². The number of nitrogens with two attached hydrogens (primary N) is 1. The molecule has 9 nitrogen and oxygen atoms in total. The Labute approximate surface area is 190 Å². The quantitative estimate of drug-likeness (QED) is 0.239. The van der Waals surface area contributed by atoms with E-state index < -0.39 is 12.0 Å². The third kappa shape index (κ3) is 7.20. The first-order valence-corrected chi connectivity index (χ1v) is 12.1. The molecule has 3 atom stereocenters. The van der Waals surface area contributed by atoms with Gasteiger partial charge in [0.05, 0.1) is 18.6 Å². The molecule has 0 aromatic heterocycles. The molecule has 5 N–H and O–H groups in total. The molecular weight excluding hydrogens is 410 g/mol. The van der Waals surface area contributed by atoms with Crippen LogP contribution in [0, 0.1) is 5.41 Å². The number of nitrogens with zero attached hydrogens (tertiary/aromatic N) is 2. The highest BCUT2D eigenvalue weighted by molar-refractivity contribution is 5.86. The third-order valence-electron chi connectivity index (χ3n) is 6.88. The van der Waals surface area contributed by atoms with Gasteiger partial charge in [-0.3, -0.25) is 15.0 Å². The van der Waals surface area contributed by atoms with Crippen molar-refractivity contribution in [2.75, 3.05) is 26.2 Å². The van der Waals surface area contributed by atoms with Crippen molar-refractivity contribution in [3.63, 3.8) is 0 Å². The Hall–Kier alpha value is -2.13. The van der Waals surface area contributed by atoms with Crippen LogP contribution in [-0.2, 0) is 14.3 Å². The molecule has 0 radical (unpaired) electrons. The van der Waals surface area contributed by atoms with E-state index in [1.807, 2.05) is 9.80 Å². The molecule has 2 aliphatic heterocycles. The van der Waals surface area contributed by atoms with Crippen LogP contribution in [0.5, 0.6) is 0 Å². The standard InChI is InChI=1S/C23H39N5O4/c24-23(25)27-13-9-19(10-14-27)32-15-11-18-8-4-5-12-28(18)22(31)20(16-21(29)30)26-17-6-2-1-3-7-17/h1-2,17-20,26H,3-16H2,(H3,24,25)(H,29,30)/t17-,18+,20?/m1/s1. The molecule has 1 unspecified atom stereocenters. The van der Waals surface area contributed by atoms with E-state index in [0.29, 0.717) is 13.2 Å². The van der Waals surface area contributed by atoms with E-state index in [0.717, 1.165) is 70.9 Å². The smallest absolute Gasteiger partial charge is 0.305 e. The molecule has 3 aliphatic rings. The average Bonchev–Trinajstić information content (AvgIpc) is 2.79. The summed E-state index contributed by atoms with van der Waals surface area (Å²) in [6.45, 7) is 2.76. The Morgan fingerprint density at radius 2 is 1.94 bits per heavy atom. The SMILES string of the molecule is N=C(N)N1CCC(OCC[C@@H]2CCCCN2C(=O)C(CC(=O)O)N[C@@H]2CC=CCC2)CC1. The van der Waals surface area contributed by atoms with Gasteiger partial charge in [0, 0.05) is 38.3 Å². The van der Waals surface area contributed by atoms with Gasteiger partial charge in [-0.25, -0.2) is 0 Å². The highest BCUT2D eigenvalue weighted by Gasteiger charge is 2.34. The zero-order valence-electron chi connectivity index (χ0n) is 19.0. The van der Waals surface area contributed by atoms with Crippen LogP contribution in [0.4, 0.5) is 0 Å². The van der Waals surface area contributed by atoms with E-state index in [-0.39, 0.29) is 36.5 Å². The molecule has 9 heteroatoms. The van der Waals surface area contributed by atoms with Crippen LogP contribution < -0.4 is 11.1 Å². The summed E-state index contributed by atoms with van der Waals surface area (Å²) in [6.07, 6.45) is 12.4. The van der Waals surface area contributed by atoms with Gasteiger partial charge >= 0.3 is 5.97 Å². The van der Waals surface area contributed by atoms with Crippen LogP contribution in [-0.4, -0.2) is 83.2 Å². The predicted molar refractivity (Wildman–Crippen MR) is 122 cm³/mol. The van der Waals surface area contributed by atoms with Crippen LogP contribution >= 0.6 is 0 Å². The Morgan fingerprint density at radius 1 is 1.16 bits per heavy atom. The van der Waals surface area contributed by atoms with Crippen LogP contribution in [0.3, 0.4) is 0 Å². The number of nitrogens with one attached hydrogen (secondary N) is 2. The maximum Gasteiger partial charge on any atom is 0.305 e. The largest absolute Gasteiger partial charge is 0.481 e. The van der Waals surface area contributed by atoms with Crippen molar-refractivity contribution < 1.29 is 19.4 Å². The van der Waals surface area contributed by atoms with Gasteiger partial charge in [0.2, 0.25) is 5.91 Å². The van der Waals surface area contributed by atoms with Crippen molar-refractivity contribution in [3.05, 3.63) is 12.2 Å². The fourth-order valence-electron chi connectivity index (χ4n) is 5.05. The lowest BCUT2D eigenvalue weighted by molar-refractivity contribution is -0.145. The van der Waals surface area contributed by atoms with E-state index in [1.165, 1.54) is 0 Å². The first-order valence-electron chi connectivity index (χ1n) is 12.1. The number of carboxylic acids is 1. The number of allylic oxidation sites excluding steroid dienone is 1. The number of carbonyl (C=O) groups excluding carboxylic acids is 1. The number of piperidine rings is 2. The summed E-state index contributed by atoms with van der Waals surface area (Å²) in [4.78, 5) is 28.6. The van der Waals surface area contributed by atoms with E-state index >= 15 is 0 Å². The van der Waals surface area contributed by atoms with Gasteiger partial charge in [-0.05, 0) is 57.8 Å². The summed E-state index contributed by atoms with van der Waals surface area (Å²) in [6, 6.07) is -0.430. The minimum atomic E-state index is -0.948. The first kappa shape index (κ1) is 24.5. The van der Waals surface area contributed by atoms with Gasteiger partial charge in [-0.2, -0.15) is 0 Å². The van der Waals surface area contributed by atoms with Crippen LogP contribution in [0.2, 0.25) is 0 Å². The summed E-state index contributed by atoms with van der Waals surface area (Å²) in [7, 11) is 0. The summed E-state index contributed by atoms with van der Waals surface area (Å²) >= 11 is 0. The molecule has 1 amide bonds. The van der Waals surface area contributed by atoms with Crippen LogP contribution in [0.1, 0.15) is 64.2 Å². The van der Waals surface area contributed by atoms with Gasteiger partial charge in [0.15, 0.2) is 5.96 Å². The van der Waals surface area contributed by atoms with E-state index in [9.17, 15) is 14.7 Å². The Balaban J connectivity index is 1.51. The lowest BCUT2D eigenvalue weighted by Gasteiger charge is -2.39. The molecule has 0 spiro atoms. The topological polar surface area (TPSA) is 132 Å². The van der Waals surface area contributed by atoms with Gasteiger partial charge < -0.3 is 30.7 Å². The van der Waals surface area contributed by atoms with Gasteiger partial charge in [-0.15, -0.1) is 0 Å². The Kier molecular flexibility index (Phi) is 9.35. The summed E-state index contributed by atoms with van der Waals surface area (Å²) in [5, 5.41) is 20.3. The fraction of sp³-hybridized carbons (Fsp3) is 0.783. The number of likely N-dealkylation sites (tertiary alicyclic amines) is 2. The second kappa shape index (κ2) is 12.2. The van der Waals surface area contributed by atoms with Crippen molar-refractivity contribution in [3.8, 4) is 0 Å². The average molecular weight is 450 g/mol. The molecule has 3 rings (SSSR count). The number of ether oxygens (including phenoxy) is 1. The van der Waals surface area contributed by atoms with Crippen molar-refractivity contribution in [1.29, 1.82) is 5.41 Å².